The quantitative estimate of drug-likeness (QED) is 0.855. The van der Waals surface area contributed by atoms with Gasteiger partial charge in [-0.05, 0) is 56.8 Å². The lowest BCUT2D eigenvalue weighted by molar-refractivity contribution is -0.103. The average molecular weight is 349 g/mol. The molecule has 2 unspecified atom stereocenters. The Kier molecular flexibility index (Phi) is 6.34. The Morgan fingerprint density at radius 3 is 2.68 bits per heavy atom. The van der Waals surface area contributed by atoms with Gasteiger partial charge >= 0.3 is 0 Å². The Balaban J connectivity index is 1.49. The topological polar surface area (TPSA) is 51.2 Å². The molecule has 0 aromatic heterocycles. The Morgan fingerprint density at radius 2 is 1.92 bits per heavy atom. The molecule has 2 aliphatic heterocycles. The number of β-amino-alcohol motifs (C(OH)–C–C–N with tert-alkyl or cyclic N) is 1. The lowest BCUT2D eigenvalue weighted by atomic mass is 9.97. The van der Waals surface area contributed by atoms with Crippen LogP contribution < -0.4 is 4.74 Å². The van der Waals surface area contributed by atoms with E-state index < -0.39 is 6.10 Å². The summed E-state index contributed by atoms with van der Waals surface area (Å²) in [6.45, 7) is 10.5. The number of benzene rings is 1. The summed E-state index contributed by atoms with van der Waals surface area (Å²) >= 11 is 0. The fourth-order valence-corrected chi connectivity index (χ4v) is 3.81. The molecule has 0 radical (unpaired) electrons. The summed E-state index contributed by atoms with van der Waals surface area (Å²) in [5.74, 6) is 1.31. The molecule has 0 spiro atoms. The van der Waals surface area contributed by atoms with Crippen LogP contribution in [0.2, 0.25) is 0 Å². The van der Waals surface area contributed by atoms with Crippen molar-refractivity contribution in [3.05, 3.63) is 28.8 Å². The van der Waals surface area contributed by atoms with E-state index in [-0.39, 0.29) is 6.29 Å². The van der Waals surface area contributed by atoms with Gasteiger partial charge in [-0.2, -0.15) is 0 Å². The minimum atomic E-state index is -0.497. The van der Waals surface area contributed by atoms with Crippen molar-refractivity contribution < 1.29 is 19.3 Å². The molecule has 5 nitrogen and oxygen atoms in total. The molecular weight excluding hydrogens is 318 g/mol. The van der Waals surface area contributed by atoms with Gasteiger partial charge in [-0.1, -0.05) is 12.1 Å². The molecular formula is C20H31NO4. The number of piperidine rings is 1. The zero-order valence-corrected chi connectivity index (χ0v) is 15.7. The van der Waals surface area contributed by atoms with E-state index >= 15 is 0 Å². The fraction of sp³-hybridized carbons (Fsp3) is 0.700. The summed E-state index contributed by atoms with van der Waals surface area (Å²) in [7, 11) is 0. The Bertz CT molecular complexity index is 571. The van der Waals surface area contributed by atoms with Crippen LogP contribution in [0.4, 0.5) is 0 Å². The monoisotopic (exact) mass is 349 g/mol. The Hall–Kier alpha value is -1.14. The van der Waals surface area contributed by atoms with E-state index in [0.29, 0.717) is 32.3 Å². The van der Waals surface area contributed by atoms with Gasteiger partial charge in [-0.25, -0.2) is 0 Å². The summed E-state index contributed by atoms with van der Waals surface area (Å²) < 4.78 is 17.3. The number of rotatable bonds is 6. The molecule has 1 N–H and O–H groups in total. The standard InChI is InChI=1S/C20H31NO4/c1-14-6-7-15(2)19(16(14)3)25-13-18(22)12-21-8-4-5-17(11-21)20-23-9-10-24-20/h6-7,17-18,20,22H,4-5,8-13H2,1-3H3. The Labute approximate surface area is 150 Å². The minimum absolute atomic E-state index is 0.0613. The average Bonchev–Trinajstić information content (AvgIpc) is 3.13. The maximum absolute atomic E-state index is 10.4. The molecule has 0 amide bonds. The first-order chi connectivity index (χ1) is 12.0. The van der Waals surface area contributed by atoms with E-state index in [1.165, 1.54) is 5.56 Å². The van der Waals surface area contributed by atoms with Crippen molar-refractivity contribution in [2.24, 2.45) is 5.92 Å². The van der Waals surface area contributed by atoms with Gasteiger partial charge in [-0.3, -0.25) is 0 Å². The van der Waals surface area contributed by atoms with Crippen molar-refractivity contribution in [3.8, 4) is 5.75 Å². The predicted octanol–water partition coefficient (Wildman–Crippen LogP) is 2.44. The maximum atomic E-state index is 10.4. The highest BCUT2D eigenvalue weighted by Crippen LogP contribution is 2.27. The normalized spacial score (nSPS) is 23.8. The van der Waals surface area contributed by atoms with Crippen LogP contribution in [0.1, 0.15) is 29.5 Å². The van der Waals surface area contributed by atoms with Crippen molar-refractivity contribution in [1.29, 1.82) is 0 Å². The van der Waals surface area contributed by atoms with Crippen LogP contribution >= 0.6 is 0 Å². The second-order valence-corrected chi connectivity index (χ2v) is 7.39. The molecule has 1 aromatic carbocycles. The van der Waals surface area contributed by atoms with Gasteiger partial charge < -0.3 is 24.2 Å². The fourth-order valence-electron chi connectivity index (χ4n) is 3.81. The van der Waals surface area contributed by atoms with Crippen LogP contribution in [0.5, 0.6) is 5.75 Å². The van der Waals surface area contributed by atoms with E-state index in [1.54, 1.807) is 0 Å². The molecule has 140 valence electrons. The predicted molar refractivity (Wildman–Crippen MR) is 97.0 cm³/mol. The van der Waals surface area contributed by atoms with E-state index in [2.05, 4.69) is 30.9 Å². The van der Waals surface area contributed by atoms with E-state index in [4.69, 9.17) is 14.2 Å². The van der Waals surface area contributed by atoms with Crippen molar-refractivity contribution in [2.45, 2.75) is 46.0 Å². The van der Waals surface area contributed by atoms with Crippen LogP contribution in [0.3, 0.4) is 0 Å². The minimum Gasteiger partial charge on any atom is -0.490 e. The third-order valence-electron chi connectivity index (χ3n) is 5.34. The van der Waals surface area contributed by atoms with E-state index in [0.717, 1.165) is 42.8 Å². The smallest absolute Gasteiger partial charge is 0.161 e. The van der Waals surface area contributed by atoms with Crippen LogP contribution in [-0.2, 0) is 9.47 Å². The van der Waals surface area contributed by atoms with Crippen LogP contribution in [0.25, 0.3) is 0 Å². The Morgan fingerprint density at radius 1 is 1.20 bits per heavy atom. The number of aryl methyl sites for hydroxylation is 2. The van der Waals surface area contributed by atoms with Gasteiger partial charge in [0.2, 0.25) is 0 Å². The molecule has 2 saturated heterocycles. The first-order valence-corrected chi connectivity index (χ1v) is 9.38. The maximum Gasteiger partial charge on any atom is 0.161 e. The van der Waals surface area contributed by atoms with Crippen molar-refractivity contribution >= 4 is 0 Å². The van der Waals surface area contributed by atoms with Gasteiger partial charge in [0.15, 0.2) is 6.29 Å². The molecule has 2 heterocycles. The number of hydrogen-bond donors (Lipinski definition) is 1. The third-order valence-corrected chi connectivity index (χ3v) is 5.34. The van der Waals surface area contributed by atoms with Crippen molar-refractivity contribution in [3.63, 3.8) is 0 Å². The van der Waals surface area contributed by atoms with Crippen molar-refractivity contribution in [1.82, 2.24) is 4.90 Å². The highest BCUT2D eigenvalue weighted by atomic mass is 16.7. The largest absolute Gasteiger partial charge is 0.490 e. The second-order valence-electron chi connectivity index (χ2n) is 7.39. The number of nitrogens with zero attached hydrogens (tertiary/aromatic N) is 1. The zero-order valence-electron chi connectivity index (χ0n) is 15.7. The first kappa shape index (κ1) is 18.6. The molecule has 25 heavy (non-hydrogen) atoms. The van der Waals surface area contributed by atoms with Gasteiger partial charge in [0.05, 0.1) is 13.2 Å². The molecule has 1 aromatic rings. The number of aliphatic hydroxyl groups is 1. The summed E-state index contributed by atoms with van der Waals surface area (Å²) in [5.41, 5.74) is 3.48. The van der Waals surface area contributed by atoms with Gasteiger partial charge in [0.25, 0.3) is 0 Å². The molecule has 2 atom stereocenters. The van der Waals surface area contributed by atoms with E-state index in [1.807, 2.05) is 6.92 Å². The molecule has 5 heteroatoms. The van der Waals surface area contributed by atoms with E-state index in [9.17, 15) is 5.11 Å². The summed E-state index contributed by atoms with van der Waals surface area (Å²) in [4.78, 5) is 2.31. The number of aliphatic hydroxyl groups excluding tert-OH is 1. The molecule has 0 aliphatic carbocycles. The summed E-state index contributed by atoms with van der Waals surface area (Å²) in [6, 6.07) is 4.18. The molecule has 2 fully saturated rings. The molecule has 0 saturated carbocycles. The molecule has 3 rings (SSSR count). The number of ether oxygens (including phenoxy) is 3. The SMILES string of the molecule is Cc1ccc(C)c(OCC(O)CN2CCCC(C3OCCO3)C2)c1C. The number of likely N-dealkylation sites (tertiary alicyclic amines) is 1. The van der Waals surface area contributed by atoms with Gasteiger partial charge in [0, 0.05) is 19.0 Å². The zero-order chi connectivity index (χ0) is 17.8. The molecule has 0 bridgehead atoms. The van der Waals surface area contributed by atoms with Crippen LogP contribution in [0.15, 0.2) is 12.1 Å². The van der Waals surface area contributed by atoms with Crippen LogP contribution in [0, 0.1) is 26.7 Å². The third kappa shape index (κ3) is 4.73. The van der Waals surface area contributed by atoms with Gasteiger partial charge in [0.1, 0.15) is 18.5 Å². The van der Waals surface area contributed by atoms with Crippen molar-refractivity contribution in [2.75, 3.05) is 39.5 Å². The number of hydrogen-bond acceptors (Lipinski definition) is 5. The second kappa shape index (κ2) is 8.49. The summed E-state index contributed by atoms with van der Waals surface area (Å²) in [5, 5.41) is 10.4. The molecule has 2 aliphatic rings. The summed E-state index contributed by atoms with van der Waals surface area (Å²) in [6.07, 6.45) is 1.70. The first-order valence-electron chi connectivity index (χ1n) is 9.38. The lowest BCUT2D eigenvalue weighted by Crippen LogP contribution is -2.44. The highest BCUT2D eigenvalue weighted by Gasteiger charge is 2.31. The van der Waals surface area contributed by atoms with Gasteiger partial charge in [-0.15, -0.1) is 0 Å². The lowest BCUT2D eigenvalue weighted by Gasteiger charge is -2.35. The van der Waals surface area contributed by atoms with Crippen LogP contribution in [-0.4, -0.2) is 61.9 Å². The highest BCUT2D eigenvalue weighted by molar-refractivity contribution is 5.44.